The van der Waals surface area contributed by atoms with Gasteiger partial charge in [-0.15, -0.1) is 11.3 Å². The molecule has 1 atom stereocenters. The van der Waals surface area contributed by atoms with Gasteiger partial charge in [-0.3, -0.25) is 0 Å². The van der Waals surface area contributed by atoms with Crippen LogP contribution in [-0.4, -0.2) is 16.5 Å². The van der Waals surface area contributed by atoms with Crippen LogP contribution in [0.4, 0.5) is 11.6 Å². The Hall–Kier alpha value is -1.62. The van der Waals surface area contributed by atoms with Crippen molar-refractivity contribution in [2.45, 2.75) is 26.3 Å². The number of hydrogen-bond donors (Lipinski definition) is 1. The van der Waals surface area contributed by atoms with E-state index in [0.29, 0.717) is 11.9 Å². The minimum absolute atomic E-state index is 0.355. The Kier molecular flexibility index (Phi) is 2.70. The highest BCUT2D eigenvalue weighted by Crippen LogP contribution is 2.36. The molecule has 2 N–H and O–H groups in total. The maximum atomic E-state index is 5.87. The standard InChI is InChI=1S/C13H16N4S/c1-8-12(14)15-7-16-13(8)17-5-3-11-10(9(17)2)4-6-18-11/h4,6-7,9H,3,5H2,1-2H3,(H2,14,15,16). The second-order valence-corrected chi connectivity index (χ2v) is 5.63. The molecule has 1 unspecified atom stereocenters. The summed E-state index contributed by atoms with van der Waals surface area (Å²) < 4.78 is 0. The maximum absolute atomic E-state index is 5.87. The van der Waals surface area contributed by atoms with Crippen molar-refractivity contribution < 1.29 is 0 Å². The molecule has 1 aliphatic rings. The summed E-state index contributed by atoms with van der Waals surface area (Å²) in [4.78, 5) is 12.3. The number of rotatable bonds is 1. The number of nitrogen functional groups attached to an aromatic ring is 1. The van der Waals surface area contributed by atoms with Crippen LogP contribution in [0.1, 0.15) is 29.0 Å². The van der Waals surface area contributed by atoms with Crippen LogP contribution in [0.3, 0.4) is 0 Å². The maximum Gasteiger partial charge on any atom is 0.137 e. The molecule has 1 aliphatic heterocycles. The highest BCUT2D eigenvalue weighted by atomic mass is 32.1. The Labute approximate surface area is 110 Å². The molecule has 0 bridgehead atoms. The summed E-state index contributed by atoms with van der Waals surface area (Å²) in [5, 5.41) is 2.17. The van der Waals surface area contributed by atoms with Crippen molar-refractivity contribution in [2.75, 3.05) is 17.2 Å². The Morgan fingerprint density at radius 1 is 1.44 bits per heavy atom. The number of nitrogens with zero attached hydrogens (tertiary/aromatic N) is 3. The van der Waals surface area contributed by atoms with Crippen LogP contribution in [0.25, 0.3) is 0 Å². The average molecular weight is 260 g/mol. The largest absolute Gasteiger partial charge is 0.383 e. The zero-order valence-electron chi connectivity index (χ0n) is 10.6. The smallest absolute Gasteiger partial charge is 0.137 e. The van der Waals surface area contributed by atoms with E-state index >= 15 is 0 Å². The third kappa shape index (κ3) is 1.66. The van der Waals surface area contributed by atoms with Gasteiger partial charge in [-0.25, -0.2) is 9.97 Å². The van der Waals surface area contributed by atoms with Gasteiger partial charge in [-0.1, -0.05) is 0 Å². The Morgan fingerprint density at radius 3 is 3.11 bits per heavy atom. The fraction of sp³-hybridized carbons (Fsp3) is 0.385. The van der Waals surface area contributed by atoms with Gasteiger partial charge in [0.2, 0.25) is 0 Å². The molecule has 0 fully saturated rings. The van der Waals surface area contributed by atoms with Crippen LogP contribution in [0.5, 0.6) is 0 Å². The molecule has 5 heteroatoms. The molecule has 4 nitrogen and oxygen atoms in total. The predicted octanol–water partition coefficient (Wildman–Crippen LogP) is 2.55. The summed E-state index contributed by atoms with van der Waals surface area (Å²) in [6, 6.07) is 2.57. The van der Waals surface area contributed by atoms with Crippen LogP contribution in [-0.2, 0) is 6.42 Å². The summed E-state index contributed by atoms with van der Waals surface area (Å²) in [5.41, 5.74) is 8.27. The van der Waals surface area contributed by atoms with Gasteiger partial charge in [0, 0.05) is 17.0 Å². The lowest BCUT2D eigenvalue weighted by Crippen LogP contribution is -2.34. The lowest BCUT2D eigenvalue weighted by atomic mass is 10.0. The molecule has 0 saturated heterocycles. The average Bonchev–Trinajstić information content (AvgIpc) is 2.83. The van der Waals surface area contributed by atoms with E-state index in [-0.39, 0.29) is 0 Å². The van der Waals surface area contributed by atoms with Gasteiger partial charge >= 0.3 is 0 Å². The van der Waals surface area contributed by atoms with E-state index in [9.17, 15) is 0 Å². The van der Waals surface area contributed by atoms with Crippen molar-refractivity contribution in [3.63, 3.8) is 0 Å². The first-order valence-electron chi connectivity index (χ1n) is 6.08. The van der Waals surface area contributed by atoms with Gasteiger partial charge in [0.1, 0.15) is 18.0 Å². The Balaban J connectivity index is 2.02. The summed E-state index contributed by atoms with van der Waals surface area (Å²) in [5.74, 6) is 1.54. The first-order valence-corrected chi connectivity index (χ1v) is 6.96. The molecule has 0 radical (unpaired) electrons. The predicted molar refractivity (Wildman–Crippen MR) is 75.0 cm³/mol. The Bertz CT molecular complexity index is 578. The fourth-order valence-corrected chi connectivity index (χ4v) is 3.51. The molecular weight excluding hydrogens is 244 g/mol. The molecule has 3 rings (SSSR count). The van der Waals surface area contributed by atoms with E-state index in [0.717, 1.165) is 24.3 Å². The quantitative estimate of drug-likeness (QED) is 0.856. The summed E-state index contributed by atoms with van der Waals surface area (Å²) >= 11 is 1.85. The summed E-state index contributed by atoms with van der Waals surface area (Å²) in [7, 11) is 0. The molecule has 0 amide bonds. The van der Waals surface area contributed by atoms with Crippen molar-refractivity contribution in [1.82, 2.24) is 9.97 Å². The van der Waals surface area contributed by atoms with Crippen LogP contribution in [0.2, 0.25) is 0 Å². The lowest BCUT2D eigenvalue weighted by Gasteiger charge is -2.35. The number of thiophene rings is 1. The number of nitrogens with two attached hydrogens (primary N) is 1. The minimum atomic E-state index is 0.355. The highest BCUT2D eigenvalue weighted by Gasteiger charge is 2.27. The topological polar surface area (TPSA) is 55.0 Å². The first-order chi connectivity index (χ1) is 8.68. The molecule has 0 spiro atoms. The molecular formula is C13H16N4S. The van der Waals surface area contributed by atoms with Crippen molar-refractivity contribution in [2.24, 2.45) is 0 Å². The van der Waals surface area contributed by atoms with Crippen LogP contribution in [0, 0.1) is 6.92 Å². The third-order valence-electron chi connectivity index (χ3n) is 3.65. The van der Waals surface area contributed by atoms with Crippen molar-refractivity contribution >= 4 is 23.0 Å². The van der Waals surface area contributed by atoms with Gasteiger partial charge in [0.25, 0.3) is 0 Å². The second kappa shape index (κ2) is 4.24. The zero-order valence-corrected chi connectivity index (χ0v) is 11.4. The molecule has 18 heavy (non-hydrogen) atoms. The molecule has 2 aromatic heterocycles. The molecule has 2 aromatic rings. The summed E-state index contributed by atoms with van der Waals surface area (Å²) in [6.45, 7) is 5.20. The van der Waals surface area contributed by atoms with Gasteiger partial charge in [0.05, 0.1) is 6.04 Å². The molecule has 3 heterocycles. The molecule has 0 aromatic carbocycles. The van der Waals surface area contributed by atoms with Gasteiger partial charge in [0.15, 0.2) is 0 Å². The Morgan fingerprint density at radius 2 is 2.28 bits per heavy atom. The SMILES string of the molecule is Cc1c(N)ncnc1N1CCc2sccc2C1C. The molecule has 94 valence electrons. The highest BCUT2D eigenvalue weighted by molar-refractivity contribution is 7.10. The second-order valence-electron chi connectivity index (χ2n) is 4.63. The van der Waals surface area contributed by atoms with E-state index in [1.807, 2.05) is 18.3 Å². The van der Waals surface area contributed by atoms with E-state index in [4.69, 9.17) is 5.73 Å². The van der Waals surface area contributed by atoms with Crippen molar-refractivity contribution in [3.05, 3.63) is 33.8 Å². The molecule has 0 saturated carbocycles. The van der Waals surface area contributed by atoms with Gasteiger partial charge in [-0.05, 0) is 37.3 Å². The van der Waals surface area contributed by atoms with Crippen molar-refractivity contribution in [3.8, 4) is 0 Å². The van der Waals surface area contributed by atoms with Crippen LogP contribution >= 0.6 is 11.3 Å². The van der Waals surface area contributed by atoms with E-state index in [1.165, 1.54) is 10.4 Å². The number of fused-ring (bicyclic) bond motifs is 1. The van der Waals surface area contributed by atoms with Crippen LogP contribution in [0.15, 0.2) is 17.8 Å². The number of anilines is 2. The van der Waals surface area contributed by atoms with E-state index in [1.54, 1.807) is 6.33 Å². The monoisotopic (exact) mass is 260 g/mol. The number of hydrogen-bond acceptors (Lipinski definition) is 5. The van der Waals surface area contributed by atoms with E-state index in [2.05, 4.69) is 33.2 Å². The fourth-order valence-electron chi connectivity index (χ4n) is 2.54. The van der Waals surface area contributed by atoms with Crippen molar-refractivity contribution in [1.29, 1.82) is 0 Å². The third-order valence-corrected chi connectivity index (χ3v) is 4.64. The normalized spacial score (nSPS) is 18.8. The molecule has 0 aliphatic carbocycles. The van der Waals surface area contributed by atoms with Gasteiger partial charge in [-0.2, -0.15) is 0 Å². The summed E-state index contributed by atoms with van der Waals surface area (Å²) in [6.07, 6.45) is 2.63. The first kappa shape index (κ1) is 11.5. The number of aromatic nitrogens is 2. The minimum Gasteiger partial charge on any atom is -0.383 e. The lowest BCUT2D eigenvalue weighted by molar-refractivity contribution is 0.622. The van der Waals surface area contributed by atoms with Crippen LogP contribution < -0.4 is 10.6 Å². The van der Waals surface area contributed by atoms with E-state index < -0.39 is 0 Å². The zero-order chi connectivity index (χ0) is 12.7. The van der Waals surface area contributed by atoms with Gasteiger partial charge < -0.3 is 10.6 Å².